The van der Waals surface area contributed by atoms with Crippen molar-refractivity contribution in [1.82, 2.24) is 0 Å². The number of nitrogens with zero attached hydrogens (tertiary/aromatic N) is 2. The summed E-state index contributed by atoms with van der Waals surface area (Å²) in [4.78, 5) is 20.1. The Morgan fingerprint density at radius 3 is 2.29 bits per heavy atom. The first-order valence-corrected chi connectivity index (χ1v) is 3.79. The zero-order valence-corrected chi connectivity index (χ0v) is 7.51. The van der Waals surface area contributed by atoms with Crippen LogP contribution < -0.4 is 4.42 Å². The molecule has 1 aromatic carbocycles. The fourth-order valence-electron chi connectivity index (χ4n) is 0.816. The standard InChI is InChI=1S/C7H5ClN2O4/c8-9(7(11)12)5-1-3-6(4-2-5)10(13)14/h1-4H,(H,11,12). The second kappa shape index (κ2) is 3.93. The molecular formula is C7H5ClN2O4. The van der Waals surface area contributed by atoms with Crippen LogP contribution >= 0.6 is 11.8 Å². The van der Waals surface area contributed by atoms with Gasteiger partial charge in [-0.2, -0.15) is 4.42 Å². The van der Waals surface area contributed by atoms with Gasteiger partial charge in [-0.1, -0.05) is 0 Å². The van der Waals surface area contributed by atoms with Gasteiger partial charge in [0.05, 0.1) is 10.6 Å². The summed E-state index contributed by atoms with van der Waals surface area (Å²) in [6.45, 7) is 0. The van der Waals surface area contributed by atoms with Gasteiger partial charge in [0.25, 0.3) is 5.69 Å². The van der Waals surface area contributed by atoms with Crippen molar-refractivity contribution in [3.8, 4) is 0 Å². The monoisotopic (exact) mass is 216 g/mol. The van der Waals surface area contributed by atoms with Crippen molar-refractivity contribution in [3.63, 3.8) is 0 Å². The number of hydrogen-bond donors (Lipinski definition) is 1. The van der Waals surface area contributed by atoms with E-state index in [0.29, 0.717) is 4.42 Å². The summed E-state index contributed by atoms with van der Waals surface area (Å²) in [5.41, 5.74) is 0.0361. The van der Waals surface area contributed by atoms with E-state index in [0.717, 1.165) is 0 Å². The molecule has 1 rings (SSSR count). The van der Waals surface area contributed by atoms with Crippen molar-refractivity contribution < 1.29 is 14.8 Å². The molecule has 0 spiro atoms. The van der Waals surface area contributed by atoms with Crippen molar-refractivity contribution in [2.75, 3.05) is 4.42 Å². The molecule has 0 unspecified atom stereocenters. The van der Waals surface area contributed by atoms with E-state index < -0.39 is 11.0 Å². The van der Waals surface area contributed by atoms with Gasteiger partial charge >= 0.3 is 6.09 Å². The molecule has 1 N–H and O–H groups in total. The molecule has 0 aromatic heterocycles. The molecule has 14 heavy (non-hydrogen) atoms. The van der Waals surface area contributed by atoms with Gasteiger partial charge in [-0.05, 0) is 12.1 Å². The van der Waals surface area contributed by atoms with Crippen molar-refractivity contribution >= 4 is 29.2 Å². The van der Waals surface area contributed by atoms with Gasteiger partial charge < -0.3 is 5.11 Å². The molecule has 0 fully saturated rings. The number of hydrogen-bond acceptors (Lipinski definition) is 3. The lowest BCUT2D eigenvalue weighted by molar-refractivity contribution is -0.384. The summed E-state index contributed by atoms with van der Waals surface area (Å²) < 4.78 is 0.448. The zero-order chi connectivity index (χ0) is 10.7. The molecule has 0 aliphatic heterocycles. The Hall–Kier alpha value is -1.82. The highest BCUT2D eigenvalue weighted by molar-refractivity contribution is 6.35. The molecule has 0 atom stereocenters. The summed E-state index contributed by atoms with van der Waals surface area (Å²) in [7, 11) is 0. The lowest BCUT2D eigenvalue weighted by atomic mass is 10.3. The Kier molecular flexibility index (Phi) is 2.88. The molecular weight excluding hydrogens is 212 g/mol. The van der Waals surface area contributed by atoms with E-state index in [1.165, 1.54) is 24.3 Å². The first kappa shape index (κ1) is 10.3. The van der Waals surface area contributed by atoms with E-state index >= 15 is 0 Å². The summed E-state index contributed by atoms with van der Waals surface area (Å²) >= 11 is 5.34. The number of nitro groups is 1. The third-order valence-corrected chi connectivity index (χ3v) is 1.79. The van der Waals surface area contributed by atoms with E-state index in [1.807, 2.05) is 0 Å². The minimum Gasteiger partial charge on any atom is -0.464 e. The average molecular weight is 217 g/mol. The normalized spacial score (nSPS) is 9.50. The van der Waals surface area contributed by atoms with Crippen LogP contribution in [0.2, 0.25) is 0 Å². The maximum Gasteiger partial charge on any atom is 0.426 e. The Bertz CT molecular complexity index is 364. The molecule has 0 aliphatic rings. The van der Waals surface area contributed by atoms with E-state index in [2.05, 4.69) is 0 Å². The lowest BCUT2D eigenvalue weighted by Gasteiger charge is -2.08. The van der Waals surface area contributed by atoms with Crippen LogP contribution in [0, 0.1) is 10.1 Å². The number of amides is 1. The molecule has 0 bridgehead atoms. The molecule has 7 heteroatoms. The molecule has 0 heterocycles. The number of anilines is 1. The zero-order valence-electron chi connectivity index (χ0n) is 6.75. The molecule has 1 amide bonds. The van der Waals surface area contributed by atoms with Crippen LogP contribution in [0.1, 0.15) is 0 Å². The van der Waals surface area contributed by atoms with Gasteiger partial charge in [0.1, 0.15) is 0 Å². The van der Waals surface area contributed by atoms with Crippen molar-refractivity contribution in [1.29, 1.82) is 0 Å². The van der Waals surface area contributed by atoms with Crippen LogP contribution in [0.5, 0.6) is 0 Å². The maximum atomic E-state index is 10.4. The Labute approximate surface area is 83.6 Å². The van der Waals surface area contributed by atoms with Crippen LogP contribution in [0.3, 0.4) is 0 Å². The lowest BCUT2D eigenvalue weighted by Crippen LogP contribution is -2.17. The number of rotatable bonds is 2. The highest BCUT2D eigenvalue weighted by Gasteiger charge is 2.12. The minimum absolute atomic E-state index is 0.121. The molecule has 1 aromatic rings. The van der Waals surface area contributed by atoms with E-state index in [9.17, 15) is 14.9 Å². The summed E-state index contributed by atoms with van der Waals surface area (Å²) in [6.07, 6.45) is -1.35. The first-order valence-electron chi connectivity index (χ1n) is 3.45. The quantitative estimate of drug-likeness (QED) is 0.467. The highest BCUT2D eigenvalue weighted by Crippen LogP contribution is 2.20. The van der Waals surface area contributed by atoms with Gasteiger partial charge in [-0.15, -0.1) is 0 Å². The van der Waals surface area contributed by atoms with Crippen LogP contribution in [-0.4, -0.2) is 16.1 Å². The Morgan fingerprint density at radius 1 is 1.43 bits per heavy atom. The average Bonchev–Trinajstić information content (AvgIpc) is 2.16. The Morgan fingerprint density at radius 2 is 1.93 bits per heavy atom. The fourth-order valence-corrected chi connectivity index (χ4v) is 0.928. The van der Waals surface area contributed by atoms with Gasteiger partial charge in [0, 0.05) is 23.9 Å². The number of halogens is 1. The maximum absolute atomic E-state index is 10.4. The topological polar surface area (TPSA) is 83.7 Å². The molecule has 0 aliphatic carbocycles. The molecule has 74 valence electrons. The fraction of sp³-hybridized carbons (Fsp3) is 0. The van der Waals surface area contributed by atoms with Gasteiger partial charge in [-0.25, -0.2) is 4.79 Å². The van der Waals surface area contributed by atoms with Gasteiger partial charge in [0.15, 0.2) is 0 Å². The predicted octanol–water partition coefficient (Wildman–Crippen LogP) is 2.23. The SMILES string of the molecule is O=C(O)N(Cl)c1ccc([N+](=O)[O-])cc1. The molecule has 0 saturated heterocycles. The summed E-state index contributed by atoms with van der Waals surface area (Å²) in [6, 6.07) is 4.85. The van der Waals surface area contributed by atoms with E-state index in [4.69, 9.17) is 16.9 Å². The van der Waals surface area contributed by atoms with Gasteiger partial charge in [-0.3, -0.25) is 10.1 Å². The van der Waals surface area contributed by atoms with Gasteiger partial charge in [0.2, 0.25) is 0 Å². The first-order chi connectivity index (χ1) is 6.52. The number of benzene rings is 1. The van der Waals surface area contributed by atoms with Crippen molar-refractivity contribution in [3.05, 3.63) is 34.4 Å². The minimum atomic E-state index is -1.35. The van der Waals surface area contributed by atoms with Crippen LogP contribution in [-0.2, 0) is 0 Å². The molecule has 6 nitrogen and oxygen atoms in total. The second-order valence-electron chi connectivity index (χ2n) is 2.34. The smallest absolute Gasteiger partial charge is 0.426 e. The highest BCUT2D eigenvalue weighted by atomic mass is 35.5. The number of carbonyl (C=O) groups is 1. The third kappa shape index (κ3) is 2.11. The second-order valence-corrected chi connectivity index (χ2v) is 2.67. The van der Waals surface area contributed by atoms with E-state index in [-0.39, 0.29) is 11.4 Å². The van der Waals surface area contributed by atoms with E-state index in [1.54, 1.807) is 0 Å². The van der Waals surface area contributed by atoms with Crippen molar-refractivity contribution in [2.24, 2.45) is 0 Å². The van der Waals surface area contributed by atoms with Crippen molar-refractivity contribution in [2.45, 2.75) is 0 Å². The third-order valence-electron chi connectivity index (χ3n) is 1.46. The largest absolute Gasteiger partial charge is 0.464 e. The molecule has 0 saturated carbocycles. The predicted molar refractivity (Wildman–Crippen MR) is 49.5 cm³/mol. The number of non-ortho nitro benzene ring substituents is 1. The molecule has 0 radical (unpaired) electrons. The van der Waals surface area contributed by atoms with Crippen LogP contribution in [0.15, 0.2) is 24.3 Å². The van der Waals surface area contributed by atoms with Crippen LogP contribution in [0.4, 0.5) is 16.2 Å². The van der Waals surface area contributed by atoms with Crippen LogP contribution in [0.25, 0.3) is 0 Å². The summed E-state index contributed by atoms with van der Waals surface area (Å²) in [5.74, 6) is 0. The number of nitro benzene ring substituents is 1. The summed E-state index contributed by atoms with van der Waals surface area (Å²) in [5, 5.41) is 18.7. The Balaban J connectivity index is 2.94. The number of carboxylic acid groups (broad SMARTS) is 1.